The number of Topliss-reactive ketones (excluding diaryl/α,β-unsaturated/α-hetero) is 1. The van der Waals surface area contributed by atoms with E-state index in [4.69, 9.17) is 23.2 Å². The van der Waals surface area contributed by atoms with Gasteiger partial charge in [0.05, 0.1) is 5.69 Å². The zero-order valence-electron chi connectivity index (χ0n) is 15.3. The summed E-state index contributed by atoms with van der Waals surface area (Å²) >= 11 is 12.2. The van der Waals surface area contributed by atoms with Gasteiger partial charge in [0.25, 0.3) is 0 Å². The number of benzene rings is 2. The number of anilines is 1. The Balaban J connectivity index is 1.63. The van der Waals surface area contributed by atoms with E-state index in [0.717, 1.165) is 0 Å². The molecule has 0 aliphatic carbocycles. The van der Waals surface area contributed by atoms with Gasteiger partial charge in [-0.2, -0.15) is 0 Å². The van der Waals surface area contributed by atoms with Gasteiger partial charge in [0.15, 0.2) is 5.78 Å². The summed E-state index contributed by atoms with van der Waals surface area (Å²) < 4.78 is 14.3. The summed E-state index contributed by atoms with van der Waals surface area (Å²) in [7, 11) is 0. The van der Waals surface area contributed by atoms with Gasteiger partial charge in [-0.05, 0) is 43.3 Å². The van der Waals surface area contributed by atoms with Gasteiger partial charge < -0.3 is 9.80 Å². The fourth-order valence-corrected chi connectivity index (χ4v) is 3.60. The maximum absolute atomic E-state index is 14.3. The van der Waals surface area contributed by atoms with Gasteiger partial charge in [-0.3, -0.25) is 9.59 Å². The van der Waals surface area contributed by atoms with Gasteiger partial charge in [-0.15, -0.1) is 0 Å². The highest BCUT2D eigenvalue weighted by atomic mass is 35.5. The lowest BCUT2D eigenvalue weighted by molar-refractivity contribution is -0.126. The second-order valence-corrected chi connectivity index (χ2v) is 7.32. The predicted octanol–water partition coefficient (Wildman–Crippen LogP) is 4.70. The second-order valence-electron chi connectivity index (χ2n) is 6.50. The van der Waals surface area contributed by atoms with Crippen molar-refractivity contribution in [1.82, 2.24) is 4.90 Å². The number of carbonyl (C=O) groups is 2. The van der Waals surface area contributed by atoms with E-state index in [-0.39, 0.29) is 11.7 Å². The van der Waals surface area contributed by atoms with Crippen LogP contribution >= 0.6 is 23.2 Å². The van der Waals surface area contributed by atoms with Crippen LogP contribution in [0.25, 0.3) is 6.08 Å². The van der Waals surface area contributed by atoms with Crippen molar-refractivity contribution < 1.29 is 14.0 Å². The first kappa shape index (κ1) is 20.4. The molecule has 3 rings (SSSR count). The number of carbonyl (C=O) groups excluding carboxylic acids is 2. The maximum Gasteiger partial charge on any atom is 0.246 e. The fourth-order valence-electron chi connectivity index (χ4n) is 3.08. The number of amides is 1. The van der Waals surface area contributed by atoms with Crippen LogP contribution in [0, 0.1) is 5.82 Å². The number of nitrogens with zero attached hydrogens (tertiary/aromatic N) is 2. The monoisotopic (exact) mass is 420 g/mol. The highest BCUT2D eigenvalue weighted by molar-refractivity contribution is 6.37. The van der Waals surface area contributed by atoms with Crippen LogP contribution in [0.1, 0.15) is 22.8 Å². The maximum atomic E-state index is 14.3. The molecule has 0 radical (unpaired) electrons. The lowest BCUT2D eigenvalue weighted by Gasteiger charge is -2.35. The molecule has 146 valence electrons. The summed E-state index contributed by atoms with van der Waals surface area (Å²) in [6, 6.07) is 9.65. The molecule has 1 amide bonds. The van der Waals surface area contributed by atoms with Crippen molar-refractivity contribution >= 4 is 46.7 Å². The summed E-state index contributed by atoms with van der Waals surface area (Å²) in [5.41, 5.74) is 1.39. The third-order valence-electron chi connectivity index (χ3n) is 4.68. The Morgan fingerprint density at radius 2 is 1.68 bits per heavy atom. The predicted molar refractivity (Wildman–Crippen MR) is 111 cm³/mol. The Morgan fingerprint density at radius 3 is 2.25 bits per heavy atom. The smallest absolute Gasteiger partial charge is 0.246 e. The molecule has 1 aliphatic rings. The fraction of sp³-hybridized carbons (Fsp3) is 0.238. The molecular weight excluding hydrogens is 402 g/mol. The normalized spacial score (nSPS) is 14.6. The first-order valence-corrected chi connectivity index (χ1v) is 9.59. The molecule has 0 aromatic heterocycles. The van der Waals surface area contributed by atoms with Crippen molar-refractivity contribution in [3.8, 4) is 0 Å². The lowest BCUT2D eigenvalue weighted by atomic mass is 10.1. The molecule has 2 aromatic rings. The van der Waals surface area contributed by atoms with Gasteiger partial charge in [-0.1, -0.05) is 29.3 Å². The quantitative estimate of drug-likeness (QED) is 0.531. The van der Waals surface area contributed by atoms with Gasteiger partial charge in [0.1, 0.15) is 5.82 Å². The Bertz CT molecular complexity index is 918. The van der Waals surface area contributed by atoms with Crippen molar-refractivity contribution in [3.63, 3.8) is 0 Å². The van der Waals surface area contributed by atoms with E-state index < -0.39 is 5.82 Å². The van der Waals surface area contributed by atoms with E-state index in [1.54, 1.807) is 41.3 Å². The summed E-state index contributed by atoms with van der Waals surface area (Å²) in [4.78, 5) is 27.4. The molecule has 0 bridgehead atoms. The minimum atomic E-state index is -0.430. The average Bonchev–Trinajstić information content (AvgIpc) is 2.67. The van der Waals surface area contributed by atoms with Crippen molar-refractivity contribution in [2.75, 3.05) is 31.1 Å². The van der Waals surface area contributed by atoms with Crippen molar-refractivity contribution in [1.29, 1.82) is 0 Å². The topological polar surface area (TPSA) is 40.6 Å². The summed E-state index contributed by atoms with van der Waals surface area (Å²) in [6.45, 7) is 3.34. The van der Waals surface area contributed by atoms with Crippen LogP contribution < -0.4 is 4.90 Å². The molecule has 4 nitrogen and oxygen atoms in total. The number of piperazine rings is 1. The molecule has 1 saturated heterocycles. The van der Waals surface area contributed by atoms with Crippen molar-refractivity contribution in [2.45, 2.75) is 6.92 Å². The van der Waals surface area contributed by atoms with Crippen LogP contribution in [0.5, 0.6) is 0 Å². The van der Waals surface area contributed by atoms with E-state index in [1.165, 1.54) is 19.1 Å². The Morgan fingerprint density at radius 1 is 1.04 bits per heavy atom. The molecule has 1 heterocycles. The first-order valence-electron chi connectivity index (χ1n) is 8.83. The summed E-state index contributed by atoms with van der Waals surface area (Å²) in [6.07, 6.45) is 3.06. The third-order valence-corrected chi connectivity index (χ3v) is 5.34. The minimum Gasteiger partial charge on any atom is -0.366 e. The highest BCUT2D eigenvalue weighted by Gasteiger charge is 2.22. The van der Waals surface area contributed by atoms with Gasteiger partial charge >= 0.3 is 0 Å². The van der Waals surface area contributed by atoms with Crippen LogP contribution in [-0.4, -0.2) is 42.8 Å². The molecule has 0 N–H and O–H groups in total. The Kier molecular flexibility index (Phi) is 6.37. The van der Waals surface area contributed by atoms with Crippen molar-refractivity contribution in [2.24, 2.45) is 0 Å². The van der Waals surface area contributed by atoms with Crippen LogP contribution in [-0.2, 0) is 4.79 Å². The highest BCUT2D eigenvalue weighted by Crippen LogP contribution is 2.26. The number of halogens is 3. The van der Waals surface area contributed by atoms with Gasteiger partial charge in [0.2, 0.25) is 5.91 Å². The summed E-state index contributed by atoms with van der Waals surface area (Å²) in [5.74, 6) is -0.755. The van der Waals surface area contributed by atoms with Gasteiger partial charge in [-0.25, -0.2) is 4.39 Å². The molecule has 2 aromatic carbocycles. The van der Waals surface area contributed by atoms with E-state index in [0.29, 0.717) is 53.0 Å². The second kappa shape index (κ2) is 8.76. The van der Waals surface area contributed by atoms with Crippen LogP contribution in [0.2, 0.25) is 10.0 Å². The number of ketones is 1. The molecule has 0 saturated carbocycles. The number of hydrogen-bond acceptors (Lipinski definition) is 3. The van der Waals surface area contributed by atoms with E-state index in [9.17, 15) is 14.0 Å². The Hall–Kier alpha value is -2.37. The molecule has 0 spiro atoms. The minimum absolute atomic E-state index is 0.150. The number of hydrogen-bond donors (Lipinski definition) is 0. The van der Waals surface area contributed by atoms with Crippen molar-refractivity contribution in [3.05, 3.63) is 69.5 Å². The Labute approximate surface area is 173 Å². The molecule has 1 aliphatic heterocycles. The largest absolute Gasteiger partial charge is 0.366 e. The molecule has 1 fully saturated rings. The van der Waals surface area contributed by atoms with Crippen LogP contribution in [0.4, 0.5) is 10.1 Å². The molecule has 28 heavy (non-hydrogen) atoms. The number of rotatable bonds is 4. The van der Waals surface area contributed by atoms with Crippen LogP contribution in [0.15, 0.2) is 42.5 Å². The zero-order chi connectivity index (χ0) is 20.3. The first-order chi connectivity index (χ1) is 13.4. The van der Waals surface area contributed by atoms with E-state index >= 15 is 0 Å². The molecule has 0 unspecified atom stereocenters. The average molecular weight is 421 g/mol. The SMILES string of the molecule is CC(=O)c1ccc(N2CCN(C(=O)/C=C/c3c(Cl)cccc3Cl)CC2)c(F)c1. The third kappa shape index (κ3) is 4.54. The lowest BCUT2D eigenvalue weighted by Crippen LogP contribution is -2.48. The zero-order valence-corrected chi connectivity index (χ0v) is 16.8. The van der Waals surface area contributed by atoms with Crippen LogP contribution in [0.3, 0.4) is 0 Å². The van der Waals surface area contributed by atoms with E-state index in [1.807, 2.05) is 4.90 Å². The molecule has 0 atom stereocenters. The standard InChI is InChI=1S/C21H19Cl2FN2O2/c1-14(27)15-5-7-20(19(24)13-15)25-9-11-26(12-10-25)21(28)8-6-16-17(22)3-2-4-18(16)23/h2-8,13H,9-12H2,1H3/b8-6+. The van der Waals surface area contributed by atoms with Gasteiger partial charge in [0, 0.05) is 53.4 Å². The van der Waals surface area contributed by atoms with E-state index in [2.05, 4.69) is 0 Å². The molecular formula is C21H19Cl2FN2O2. The summed E-state index contributed by atoms with van der Waals surface area (Å²) in [5, 5.41) is 0.955. The molecule has 7 heteroatoms.